The molecule has 1 aromatic rings. The molecule has 0 atom stereocenters. The summed E-state index contributed by atoms with van der Waals surface area (Å²) in [5.74, 6) is 0. The van der Waals surface area contributed by atoms with E-state index in [9.17, 15) is 0 Å². The van der Waals surface area contributed by atoms with Gasteiger partial charge in [0.05, 0.1) is 10.7 Å². The van der Waals surface area contributed by atoms with Crippen LogP contribution < -0.4 is 5.32 Å². The van der Waals surface area contributed by atoms with E-state index in [-0.39, 0.29) is 0 Å². The van der Waals surface area contributed by atoms with E-state index in [1.807, 2.05) is 11.3 Å². The Bertz CT molecular complexity index is 246. The molecule has 1 aromatic heterocycles. The van der Waals surface area contributed by atoms with Crippen molar-refractivity contribution in [2.24, 2.45) is 0 Å². The summed E-state index contributed by atoms with van der Waals surface area (Å²) in [6.45, 7) is 9.57. The summed E-state index contributed by atoms with van der Waals surface area (Å²) in [6.07, 6.45) is 1.05. The van der Waals surface area contributed by atoms with Gasteiger partial charge in [-0.25, -0.2) is 4.98 Å². The Balaban J connectivity index is 2.37. The summed E-state index contributed by atoms with van der Waals surface area (Å²) in [6, 6.07) is 0.571. The maximum Gasteiger partial charge on any atom is 0.0943 e. The van der Waals surface area contributed by atoms with Gasteiger partial charge in [0.15, 0.2) is 0 Å². The highest BCUT2D eigenvalue weighted by Crippen LogP contribution is 2.16. The van der Waals surface area contributed by atoms with Crippen molar-refractivity contribution < 1.29 is 0 Å². The monoisotopic (exact) mass is 198 g/mol. The first kappa shape index (κ1) is 10.7. The lowest BCUT2D eigenvalue weighted by molar-refractivity contribution is 0.589. The number of aryl methyl sites for hydroxylation is 2. The summed E-state index contributed by atoms with van der Waals surface area (Å²) in [5.41, 5.74) is 1.18. The summed E-state index contributed by atoms with van der Waals surface area (Å²) in [7, 11) is 0. The number of hydrogen-bond donors (Lipinski definition) is 1. The molecule has 2 nitrogen and oxygen atoms in total. The molecule has 0 radical (unpaired) electrons. The topological polar surface area (TPSA) is 24.9 Å². The molecule has 1 rings (SSSR count). The van der Waals surface area contributed by atoms with Gasteiger partial charge < -0.3 is 5.32 Å². The molecule has 0 saturated carbocycles. The molecule has 13 heavy (non-hydrogen) atoms. The molecule has 0 aliphatic carbocycles. The lowest BCUT2D eigenvalue weighted by Crippen LogP contribution is -2.24. The van der Waals surface area contributed by atoms with Gasteiger partial charge in [-0.3, -0.25) is 0 Å². The average Bonchev–Trinajstić information content (AvgIpc) is 2.30. The van der Waals surface area contributed by atoms with Crippen molar-refractivity contribution in [2.45, 2.75) is 40.2 Å². The molecule has 0 amide bonds. The highest BCUT2D eigenvalue weighted by Gasteiger charge is 2.02. The Morgan fingerprint density at radius 1 is 1.38 bits per heavy atom. The molecule has 0 fully saturated rings. The SMILES string of the molecule is Cc1nc(CCNC(C)C)sc1C. The van der Waals surface area contributed by atoms with Crippen LogP contribution in [0.15, 0.2) is 0 Å². The predicted molar refractivity (Wildman–Crippen MR) is 58.4 cm³/mol. The fourth-order valence-corrected chi connectivity index (χ4v) is 2.05. The number of thiazole rings is 1. The highest BCUT2D eigenvalue weighted by atomic mass is 32.1. The van der Waals surface area contributed by atoms with Crippen LogP contribution in [0.25, 0.3) is 0 Å². The largest absolute Gasteiger partial charge is 0.314 e. The molecule has 0 aliphatic heterocycles. The van der Waals surface area contributed by atoms with Crippen LogP contribution in [0, 0.1) is 13.8 Å². The van der Waals surface area contributed by atoms with Crippen molar-refractivity contribution >= 4 is 11.3 Å². The molecule has 0 saturated heterocycles. The molecular weight excluding hydrogens is 180 g/mol. The molecule has 0 bridgehead atoms. The number of aromatic nitrogens is 1. The fraction of sp³-hybridized carbons (Fsp3) is 0.700. The number of rotatable bonds is 4. The summed E-state index contributed by atoms with van der Waals surface area (Å²) in [4.78, 5) is 5.83. The van der Waals surface area contributed by atoms with Crippen LogP contribution in [0.5, 0.6) is 0 Å². The molecule has 0 spiro atoms. The van der Waals surface area contributed by atoms with Gasteiger partial charge in [-0.15, -0.1) is 11.3 Å². The molecule has 0 aromatic carbocycles. The third-order valence-corrected chi connectivity index (χ3v) is 3.10. The maximum absolute atomic E-state index is 4.49. The van der Waals surface area contributed by atoms with E-state index in [1.54, 1.807) is 0 Å². The minimum Gasteiger partial charge on any atom is -0.314 e. The van der Waals surface area contributed by atoms with E-state index < -0.39 is 0 Å². The predicted octanol–water partition coefficient (Wildman–Crippen LogP) is 2.30. The second kappa shape index (κ2) is 4.72. The summed E-state index contributed by atoms with van der Waals surface area (Å²) < 4.78 is 0. The molecule has 1 N–H and O–H groups in total. The van der Waals surface area contributed by atoms with Gasteiger partial charge in [-0.1, -0.05) is 13.8 Å². The molecule has 1 heterocycles. The lowest BCUT2D eigenvalue weighted by Gasteiger charge is -2.05. The van der Waals surface area contributed by atoms with Crippen LogP contribution in [-0.2, 0) is 6.42 Å². The summed E-state index contributed by atoms with van der Waals surface area (Å²) >= 11 is 1.81. The Hall–Kier alpha value is -0.410. The normalized spacial score (nSPS) is 11.2. The van der Waals surface area contributed by atoms with Crippen LogP contribution in [0.1, 0.15) is 29.4 Å². The van der Waals surface area contributed by atoms with E-state index >= 15 is 0 Å². The van der Waals surface area contributed by atoms with Gasteiger partial charge in [0.1, 0.15) is 0 Å². The van der Waals surface area contributed by atoms with Crippen molar-refractivity contribution in [1.29, 1.82) is 0 Å². The number of nitrogens with zero attached hydrogens (tertiary/aromatic N) is 1. The second-order valence-electron chi connectivity index (χ2n) is 3.61. The van der Waals surface area contributed by atoms with E-state index in [1.165, 1.54) is 15.6 Å². The molecule has 0 unspecified atom stereocenters. The third kappa shape index (κ3) is 3.44. The van der Waals surface area contributed by atoms with Crippen molar-refractivity contribution in [1.82, 2.24) is 10.3 Å². The van der Waals surface area contributed by atoms with Gasteiger partial charge in [-0.2, -0.15) is 0 Å². The van der Waals surface area contributed by atoms with E-state index in [2.05, 4.69) is 38.0 Å². The van der Waals surface area contributed by atoms with Crippen LogP contribution in [0.2, 0.25) is 0 Å². The van der Waals surface area contributed by atoms with Crippen LogP contribution in [0.3, 0.4) is 0 Å². The van der Waals surface area contributed by atoms with Crippen molar-refractivity contribution in [2.75, 3.05) is 6.54 Å². The summed E-state index contributed by atoms with van der Waals surface area (Å²) in [5, 5.41) is 4.64. The highest BCUT2D eigenvalue weighted by molar-refractivity contribution is 7.11. The second-order valence-corrected chi connectivity index (χ2v) is 4.90. The Labute approximate surface area is 84.4 Å². The maximum atomic E-state index is 4.49. The zero-order valence-electron chi connectivity index (χ0n) is 8.85. The number of hydrogen-bond acceptors (Lipinski definition) is 3. The van der Waals surface area contributed by atoms with Gasteiger partial charge in [0.2, 0.25) is 0 Å². The van der Waals surface area contributed by atoms with Crippen LogP contribution >= 0.6 is 11.3 Å². The zero-order chi connectivity index (χ0) is 9.84. The first-order valence-electron chi connectivity index (χ1n) is 4.76. The lowest BCUT2D eigenvalue weighted by atomic mass is 10.3. The first-order valence-corrected chi connectivity index (χ1v) is 5.57. The van der Waals surface area contributed by atoms with Crippen molar-refractivity contribution in [3.05, 3.63) is 15.6 Å². The minimum absolute atomic E-state index is 0.571. The van der Waals surface area contributed by atoms with Gasteiger partial charge in [-0.05, 0) is 13.8 Å². The van der Waals surface area contributed by atoms with Gasteiger partial charge in [0, 0.05) is 23.9 Å². The Kier molecular flexibility index (Phi) is 3.88. The molecule has 74 valence electrons. The minimum atomic E-state index is 0.571. The average molecular weight is 198 g/mol. The molecule has 3 heteroatoms. The Morgan fingerprint density at radius 3 is 2.54 bits per heavy atom. The van der Waals surface area contributed by atoms with Crippen LogP contribution in [-0.4, -0.2) is 17.6 Å². The van der Waals surface area contributed by atoms with E-state index in [0.29, 0.717) is 6.04 Å². The Morgan fingerprint density at radius 2 is 2.08 bits per heavy atom. The number of nitrogens with one attached hydrogen (secondary N) is 1. The smallest absolute Gasteiger partial charge is 0.0943 e. The quantitative estimate of drug-likeness (QED) is 0.803. The van der Waals surface area contributed by atoms with Gasteiger partial charge >= 0.3 is 0 Å². The molecular formula is C10H18N2S. The van der Waals surface area contributed by atoms with Gasteiger partial charge in [0.25, 0.3) is 0 Å². The standard InChI is InChI=1S/C10H18N2S/c1-7(2)11-6-5-10-12-8(3)9(4)13-10/h7,11H,5-6H2,1-4H3. The molecule has 0 aliphatic rings. The van der Waals surface area contributed by atoms with Crippen LogP contribution in [0.4, 0.5) is 0 Å². The first-order chi connectivity index (χ1) is 6.09. The van der Waals surface area contributed by atoms with E-state index in [4.69, 9.17) is 0 Å². The van der Waals surface area contributed by atoms with Crippen molar-refractivity contribution in [3.63, 3.8) is 0 Å². The van der Waals surface area contributed by atoms with E-state index in [0.717, 1.165) is 13.0 Å². The van der Waals surface area contributed by atoms with Crippen molar-refractivity contribution in [3.8, 4) is 0 Å². The third-order valence-electron chi connectivity index (χ3n) is 1.96. The fourth-order valence-electron chi connectivity index (χ4n) is 1.11. The zero-order valence-corrected chi connectivity index (χ0v) is 9.66.